The third kappa shape index (κ3) is 2.60. The Balaban J connectivity index is 1.91. The highest BCUT2D eigenvalue weighted by molar-refractivity contribution is 5.81. The molecule has 2 heterocycles. The highest BCUT2D eigenvalue weighted by atomic mass is 16.7. The molecule has 2 rings (SSSR count). The van der Waals surface area contributed by atoms with Crippen LogP contribution in [0.15, 0.2) is 5.10 Å². The van der Waals surface area contributed by atoms with E-state index in [1.54, 1.807) is 0 Å². The fraction of sp³-hybridized carbons (Fsp3) is 0.889. The van der Waals surface area contributed by atoms with Crippen LogP contribution in [0.4, 0.5) is 0 Å². The van der Waals surface area contributed by atoms with Crippen molar-refractivity contribution in [3.8, 4) is 0 Å². The van der Waals surface area contributed by atoms with Gasteiger partial charge in [0.05, 0.1) is 12.7 Å². The summed E-state index contributed by atoms with van der Waals surface area (Å²) in [5.41, 5.74) is 0. The van der Waals surface area contributed by atoms with Crippen molar-refractivity contribution in [1.29, 1.82) is 0 Å². The average Bonchev–Trinajstić information content (AvgIpc) is 2.77. The fourth-order valence-electron chi connectivity index (χ4n) is 2.22. The first kappa shape index (κ1) is 11.1. The first-order valence-electron chi connectivity index (χ1n) is 5.48. The maximum Gasteiger partial charge on any atom is 0.271 e. The maximum absolute atomic E-state index is 10.3. The van der Waals surface area contributed by atoms with E-state index >= 15 is 0 Å². The molecule has 7 heteroatoms. The van der Waals surface area contributed by atoms with E-state index in [1.165, 1.54) is 0 Å². The molecule has 7 nitrogen and oxygen atoms in total. The number of rotatable bonds is 3. The Morgan fingerprint density at radius 1 is 1.75 bits per heavy atom. The zero-order valence-electron chi connectivity index (χ0n) is 9.26. The Morgan fingerprint density at radius 3 is 3.19 bits per heavy atom. The van der Waals surface area contributed by atoms with Gasteiger partial charge in [-0.2, -0.15) is 0 Å². The van der Waals surface area contributed by atoms with Crippen molar-refractivity contribution >= 4 is 5.96 Å². The molecule has 0 aliphatic carbocycles. The molecule has 2 unspecified atom stereocenters. The molecule has 0 amide bonds. The number of hydrogen-bond donors (Lipinski definition) is 1. The lowest BCUT2D eigenvalue weighted by Gasteiger charge is -2.18. The summed E-state index contributed by atoms with van der Waals surface area (Å²) in [6.07, 6.45) is 1.32. The van der Waals surface area contributed by atoms with Crippen molar-refractivity contribution in [3.05, 3.63) is 10.1 Å². The van der Waals surface area contributed by atoms with E-state index in [-0.39, 0.29) is 0 Å². The largest absolute Gasteiger partial charge is 0.378 e. The normalized spacial score (nSPS) is 32.1. The van der Waals surface area contributed by atoms with Crippen LogP contribution in [-0.4, -0.2) is 48.2 Å². The number of guanidine groups is 1. The summed E-state index contributed by atoms with van der Waals surface area (Å²) in [6, 6.07) is 0. The molecular formula is C9H16N4O3. The second-order valence-corrected chi connectivity index (χ2v) is 4.28. The summed E-state index contributed by atoms with van der Waals surface area (Å²) in [4.78, 5) is 12.2. The van der Waals surface area contributed by atoms with Crippen LogP contribution < -0.4 is 5.32 Å². The van der Waals surface area contributed by atoms with Gasteiger partial charge in [-0.15, -0.1) is 0 Å². The van der Waals surface area contributed by atoms with E-state index in [4.69, 9.17) is 4.74 Å². The third-order valence-electron chi connectivity index (χ3n) is 2.90. The number of hydrogen-bond acceptors (Lipinski definition) is 3. The van der Waals surface area contributed by atoms with Crippen molar-refractivity contribution < 1.29 is 9.77 Å². The summed E-state index contributed by atoms with van der Waals surface area (Å²) >= 11 is 0. The van der Waals surface area contributed by atoms with E-state index in [2.05, 4.69) is 10.4 Å². The first-order valence-corrected chi connectivity index (χ1v) is 5.48. The Bertz CT molecular complexity index is 307. The van der Waals surface area contributed by atoms with Gasteiger partial charge in [0.1, 0.15) is 5.10 Å². The van der Waals surface area contributed by atoms with Gasteiger partial charge in [-0.05, 0) is 13.3 Å². The van der Waals surface area contributed by atoms with Crippen LogP contribution in [0.25, 0.3) is 0 Å². The van der Waals surface area contributed by atoms with Crippen molar-refractivity contribution in [2.75, 3.05) is 26.2 Å². The van der Waals surface area contributed by atoms with Crippen LogP contribution in [0.5, 0.6) is 0 Å². The molecule has 0 radical (unpaired) electrons. The highest BCUT2D eigenvalue weighted by Crippen LogP contribution is 2.20. The quantitative estimate of drug-likeness (QED) is 0.537. The van der Waals surface area contributed by atoms with Gasteiger partial charge < -0.3 is 15.0 Å². The number of hydrazone groups is 1. The van der Waals surface area contributed by atoms with Gasteiger partial charge in [0.25, 0.3) is 5.96 Å². The Labute approximate surface area is 93.6 Å². The number of nitrogens with zero attached hydrogens (tertiary/aromatic N) is 3. The van der Waals surface area contributed by atoms with E-state index in [0.717, 1.165) is 32.7 Å². The predicted molar refractivity (Wildman–Crippen MR) is 57.5 cm³/mol. The van der Waals surface area contributed by atoms with Gasteiger partial charge in [-0.3, -0.25) is 0 Å². The van der Waals surface area contributed by atoms with Gasteiger partial charge in [0.2, 0.25) is 0 Å². The monoisotopic (exact) mass is 228 g/mol. The fourth-order valence-corrected chi connectivity index (χ4v) is 2.22. The van der Waals surface area contributed by atoms with Gasteiger partial charge in [-0.1, -0.05) is 0 Å². The summed E-state index contributed by atoms with van der Waals surface area (Å²) < 4.78 is 5.47. The Hall–Kier alpha value is -1.37. The van der Waals surface area contributed by atoms with Crippen molar-refractivity contribution in [1.82, 2.24) is 10.2 Å². The SMILES string of the molecule is CC1CC(CN2CCN/C2=N/[N+](=O)[O-])CO1. The number of ether oxygens (including phenoxy) is 1. The molecule has 2 aliphatic heterocycles. The Morgan fingerprint density at radius 2 is 2.56 bits per heavy atom. The number of nitrogens with one attached hydrogen (secondary N) is 1. The molecule has 1 N–H and O–H groups in total. The molecule has 2 fully saturated rings. The van der Waals surface area contributed by atoms with Crippen LogP contribution in [0.1, 0.15) is 13.3 Å². The highest BCUT2D eigenvalue weighted by Gasteiger charge is 2.28. The minimum atomic E-state index is -0.658. The van der Waals surface area contributed by atoms with Crippen LogP contribution >= 0.6 is 0 Å². The summed E-state index contributed by atoms with van der Waals surface area (Å²) in [6.45, 7) is 5.06. The third-order valence-corrected chi connectivity index (χ3v) is 2.90. The van der Waals surface area contributed by atoms with Crippen molar-refractivity contribution in [2.24, 2.45) is 11.0 Å². The van der Waals surface area contributed by atoms with Crippen LogP contribution in [0.3, 0.4) is 0 Å². The van der Waals surface area contributed by atoms with Crippen molar-refractivity contribution in [2.45, 2.75) is 19.4 Å². The van der Waals surface area contributed by atoms with E-state index < -0.39 is 5.03 Å². The zero-order valence-corrected chi connectivity index (χ0v) is 9.26. The molecular weight excluding hydrogens is 212 g/mol. The second-order valence-electron chi connectivity index (χ2n) is 4.28. The van der Waals surface area contributed by atoms with Gasteiger partial charge in [0, 0.05) is 25.6 Å². The van der Waals surface area contributed by atoms with Gasteiger partial charge in [-0.25, -0.2) is 10.1 Å². The lowest BCUT2D eigenvalue weighted by Crippen LogP contribution is -2.35. The minimum Gasteiger partial charge on any atom is -0.378 e. The second kappa shape index (κ2) is 4.65. The van der Waals surface area contributed by atoms with E-state index in [1.807, 2.05) is 11.8 Å². The molecule has 0 spiro atoms. The van der Waals surface area contributed by atoms with E-state index in [9.17, 15) is 10.1 Å². The minimum absolute atomic E-state index is 0.302. The molecule has 2 aliphatic rings. The lowest BCUT2D eigenvalue weighted by molar-refractivity contribution is -0.485. The van der Waals surface area contributed by atoms with E-state index in [0.29, 0.717) is 18.0 Å². The molecule has 0 aromatic heterocycles. The standard InChI is InChI=1S/C9H16N4O3/c1-7-4-8(6-16-7)5-12-3-2-10-9(12)11-13(14)15/h7-8H,2-6H2,1H3,(H,10,11). The van der Waals surface area contributed by atoms with Crippen LogP contribution in [-0.2, 0) is 4.74 Å². The molecule has 0 aromatic rings. The van der Waals surface area contributed by atoms with Crippen molar-refractivity contribution in [3.63, 3.8) is 0 Å². The summed E-state index contributed by atoms with van der Waals surface area (Å²) in [5.74, 6) is 0.830. The molecule has 2 atom stereocenters. The maximum atomic E-state index is 10.3. The molecule has 16 heavy (non-hydrogen) atoms. The molecule has 0 saturated carbocycles. The average molecular weight is 228 g/mol. The zero-order chi connectivity index (χ0) is 11.5. The van der Waals surface area contributed by atoms with Crippen LogP contribution in [0, 0.1) is 16.0 Å². The summed E-state index contributed by atoms with van der Waals surface area (Å²) in [5, 5.41) is 15.9. The van der Waals surface area contributed by atoms with Gasteiger partial charge in [0.15, 0.2) is 5.03 Å². The summed E-state index contributed by atoms with van der Waals surface area (Å²) in [7, 11) is 0. The Kier molecular flexibility index (Phi) is 3.23. The number of nitro groups is 1. The van der Waals surface area contributed by atoms with Crippen LogP contribution in [0.2, 0.25) is 0 Å². The van der Waals surface area contributed by atoms with Gasteiger partial charge >= 0.3 is 0 Å². The smallest absolute Gasteiger partial charge is 0.271 e. The molecule has 0 aromatic carbocycles. The molecule has 0 bridgehead atoms. The molecule has 2 saturated heterocycles. The topological polar surface area (TPSA) is 80.0 Å². The lowest BCUT2D eigenvalue weighted by atomic mass is 10.1. The first-order chi connectivity index (χ1) is 7.65. The predicted octanol–water partition coefficient (Wildman–Crippen LogP) is -0.136. The molecule has 90 valence electrons.